The van der Waals surface area contributed by atoms with Crippen LogP contribution < -0.4 is 10.1 Å². The van der Waals surface area contributed by atoms with Crippen LogP contribution >= 0.6 is 11.6 Å². The molecule has 0 saturated heterocycles. The summed E-state index contributed by atoms with van der Waals surface area (Å²) in [5.41, 5.74) is 0.139. The van der Waals surface area contributed by atoms with E-state index >= 15 is 0 Å². The Morgan fingerprint density at radius 2 is 2.14 bits per heavy atom. The second-order valence-electron chi connectivity index (χ2n) is 4.29. The summed E-state index contributed by atoms with van der Waals surface area (Å²) in [7, 11) is 1.42. The van der Waals surface area contributed by atoms with E-state index in [1.54, 1.807) is 19.1 Å². The largest absolute Gasteiger partial charge is 0.496 e. The fourth-order valence-electron chi connectivity index (χ4n) is 1.65. The van der Waals surface area contributed by atoms with Crippen molar-refractivity contribution in [2.24, 2.45) is 0 Å². The number of rotatable bonds is 5. The first-order valence-corrected chi connectivity index (χ1v) is 6.61. The molecule has 0 saturated carbocycles. The van der Waals surface area contributed by atoms with E-state index in [-0.39, 0.29) is 11.4 Å². The molecular formula is C14H13ClN2O5. The molecule has 0 atom stereocenters. The summed E-state index contributed by atoms with van der Waals surface area (Å²) in [6.45, 7) is 1.22. The lowest BCUT2D eigenvalue weighted by Crippen LogP contribution is -2.21. The number of benzene rings is 1. The first-order chi connectivity index (χ1) is 10.5. The molecular weight excluding hydrogens is 312 g/mol. The van der Waals surface area contributed by atoms with E-state index in [9.17, 15) is 9.59 Å². The van der Waals surface area contributed by atoms with Crippen molar-refractivity contribution < 1.29 is 23.6 Å². The van der Waals surface area contributed by atoms with Crippen LogP contribution in [-0.4, -0.2) is 30.7 Å². The number of amides is 1. The number of nitrogens with one attached hydrogen (secondary N) is 1. The highest BCUT2D eigenvalue weighted by Gasteiger charge is 2.16. The van der Waals surface area contributed by atoms with Crippen molar-refractivity contribution in [2.75, 3.05) is 19.0 Å². The summed E-state index contributed by atoms with van der Waals surface area (Å²) in [4.78, 5) is 23.6. The zero-order valence-corrected chi connectivity index (χ0v) is 12.6. The molecule has 0 aliphatic rings. The van der Waals surface area contributed by atoms with Crippen LogP contribution in [0, 0.1) is 6.92 Å². The third-order valence-corrected chi connectivity index (χ3v) is 2.85. The van der Waals surface area contributed by atoms with Crippen LogP contribution in [0.25, 0.3) is 0 Å². The zero-order valence-electron chi connectivity index (χ0n) is 11.9. The Kier molecular flexibility index (Phi) is 5.00. The maximum Gasteiger partial charge on any atom is 0.342 e. The molecule has 1 N–H and O–H groups in total. The summed E-state index contributed by atoms with van der Waals surface area (Å²) in [5, 5.41) is 6.38. The molecule has 0 fully saturated rings. The highest BCUT2D eigenvalue weighted by molar-refractivity contribution is 6.31. The number of carbonyl (C=O) groups is 2. The van der Waals surface area contributed by atoms with E-state index in [0.717, 1.165) is 0 Å². The molecule has 1 aromatic carbocycles. The van der Waals surface area contributed by atoms with Crippen LogP contribution in [0.3, 0.4) is 0 Å². The molecule has 0 spiro atoms. The lowest BCUT2D eigenvalue weighted by molar-refractivity contribution is -0.119. The molecule has 0 radical (unpaired) electrons. The summed E-state index contributed by atoms with van der Waals surface area (Å²) >= 11 is 5.83. The fourth-order valence-corrected chi connectivity index (χ4v) is 1.82. The number of halogens is 1. The molecule has 22 heavy (non-hydrogen) atoms. The molecule has 0 unspecified atom stereocenters. The van der Waals surface area contributed by atoms with E-state index in [1.807, 2.05) is 0 Å². The number of hydrogen-bond acceptors (Lipinski definition) is 6. The predicted molar refractivity (Wildman–Crippen MR) is 78.2 cm³/mol. The molecule has 0 aliphatic heterocycles. The van der Waals surface area contributed by atoms with Crippen LogP contribution in [0.5, 0.6) is 5.75 Å². The van der Waals surface area contributed by atoms with Crippen molar-refractivity contribution in [1.29, 1.82) is 0 Å². The lowest BCUT2D eigenvalue weighted by atomic mass is 10.2. The van der Waals surface area contributed by atoms with Gasteiger partial charge in [-0.25, -0.2) is 4.79 Å². The molecule has 116 valence electrons. The Hall–Kier alpha value is -2.54. The number of esters is 1. The van der Waals surface area contributed by atoms with Crippen LogP contribution in [0.1, 0.15) is 16.1 Å². The van der Waals surface area contributed by atoms with E-state index in [2.05, 4.69) is 10.5 Å². The van der Waals surface area contributed by atoms with Gasteiger partial charge in [-0.15, -0.1) is 0 Å². The second-order valence-corrected chi connectivity index (χ2v) is 4.73. The van der Waals surface area contributed by atoms with Gasteiger partial charge in [0.15, 0.2) is 12.4 Å². The molecule has 0 bridgehead atoms. The Morgan fingerprint density at radius 3 is 2.77 bits per heavy atom. The summed E-state index contributed by atoms with van der Waals surface area (Å²) in [6.07, 6.45) is 0. The van der Waals surface area contributed by atoms with Crippen molar-refractivity contribution in [3.63, 3.8) is 0 Å². The minimum Gasteiger partial charge on any atom is -0.496 e. The number of aromatic nitrogens is 1. The highest BCUT2D eigenvalue weighted by Crippen LogP contribution is 2.23. The first-order valence-electron chi connectivity index (χ1n) is 6.23. The number of nitrogens with zero attached hydrogens (tertiary/aromatic N) is 1. The maximum absolute atomic E-state index is 12.0. The van der Waals surface area contributed by atoms with E-state index < -0.39 is 18.5 Å². The smallest absolute Gasteiger partial charge is 0.342 e. The van der Waals surface area contributed by atoms with Gasteiger partial charge in [-0.3, -0.25) is 4.79 Å². The Balaban J connectivity index is 1.95. The summed E-state index contributed by atoms with van der Waals surface area (Å²) in [6, 6.07) is 6.06. The zero-order chi connectivity index (χ0) is 16.1. The third-order valence-electron chi connectivity index (χ3n) is 2.61. The number of ether oxygens (including phenoxy) is 2. The van der Waals surface area contributed by atoms with Crippen molar-refractivity contribution in [3.8, 4) is 5.75 Å². The van der Waals surface area contributed by atoms with E-state index in [1.165, 1.54) is 19.2 Å². The number of hydrogen-bond donors (Lipinski definition) is 1. The van der Waals surface area contributed by atoms with Crippen molar-refractivity contribution in [1.82, 2.24) is 5.16 Å². The van der Waals surface area contributed by atoms with Crippen LogP contribution in [-0.2, 0) is 9.53 Å². The fraction of sp³-hybridized carbons (Fsp3) is 0.214. The van der Waals surface area contributed by atoms with Crippen LogP contribution in [0.2, 0.25) is 5.02 Å². The van der Waals surface area contributed by atoms with Gasteiger partial charge in [-0.1, -0.05) is 16.8 Å². The average molecular weight is 325 g/mol. The van der Waals surface area contributed by atoms with Crippen molar-refractivity contribution in [3.05, 3.63) is 40.6 Å². The normalized spacial score (nSPS) is 10.1. The minimum atomic E-state index is -0.717. The van der Waals surface area contributed by atoms with E-state index in [0.29, 0.717) is 16.5 Å². The lowest BCUT2D eigenvalue weighted by Gasteiger charge is -2.08. The number of methoxy groups -OCH3 is 1. The Bertz CT molecular complexity index is 698. The Morgan fingerprint density at radius 1 is 1.36 bits per heavy atom. The molecule has 2 rings (SSSR count). The van der Waals surface area contributed by atoms with Gasteiger partial charge < -0.3 is 19.3 Å². The molecule has 1 heterocycles. The summed E-state index contributed by atoms with van der Waals surface area (Å²) in [5.74, 6) is -0.148. The SMILES string of the molecule is COc1ccc(Cl)cc1C(=O)OCC(=O)Nc1cc(C)on1. The van der Waals surface area contributed by atoms with Gasteiger partial charge in [-0.2, -0.15) is 0 Å². The van der Waals surface area contributed by atoms with Crippen molar-refractivity contribution >= 4 is 29.3 Å². The molecule has 0 aliphatic carbocycles. The van der Waals surface area contributed by atoms with Gasteiger partial charge in [0.1, 0.15) is 17.1 Å². The molecule has 8 heteroatoms. The van der Waals surface area contributed by atoms with Crippen LogP contribution in [0.4, 0.5) is 5.82 Å². The molecule has 1 amide bonds. The van der Waals surface area contributed by atoms with Gasteiger partial charge in [0.25, 0.3) is 5.91 Å². The van der Waals surface area contributed by atoms with Crippen LogP contribution in [0.15, 0.2) is 28.8 Å². The maximum atomic E-state index is 12.0. The predicted octanol–water partition coefficient (Wildman–Crippen LogP) is 2.44. The number of carbonyl (C=O) groups excluding carboxylic acids is 2. The van der Waals surface area contributed by atoms with Gasteiger partial charge in [0.2, 0.25) is 0 Å². The van der Waals surface area contributed by atoms with E-state index in [4.69, 9.17) is 25.6 Å². The quantitative estimate of drug-likeness (QED) is 0.849. The van der Waals surface area contributed by atoms with Crippen molar-refractivity contribution in [2.45, 2.75) is 6.92 Å². The monoisotopic (exact) mass is 324 g/mol. The van der Waals surface area contributed by atoms with Gasteiger partial charge in [-0.05, 0) is 25.1 Å². The first kappa shape index (κ1) is 15.8. The number of anilines is 1. The standard InChI is InChI=1S/C14H13ClN2O5/c1-8-5-12(17-22-8)16-13(18)7-21-14(19)10-6-9(15)3-4-11(10)20-2/h3-6H,7H2,1-2H3,(H,16,17,18). The topological polar surface area (TPSA) is 90.7 Å². The van der Waals surface area contributed by atoms with Gasteiger partial charge >= 0.3 is 5.97 Å². The Labute approximate surface area is 131 Å². The average Bonchev–Trinajstić information content (AvgIpc) is 2.89. The number of aryl methyl sites for hydroxylation is 1. The second kappa shape index (κ2) is 6.95. The highest BCUT2D eigenvalue weighted by atomic mass is 35.5. The third kappa shape index (κ3) is 3.98. The minimum absolute atomic E-state index is 0.139. The summed E-state index contributed by atoms with van der Waals surface area (Å²) < 4.78 is 14.8. The molecule has 1 aromatic heterocycles. The molecule has 2 aromatic rings. The van der Waals surface area contributed by atoms with Gasteiger partial charge in [0, 0.05) is 11.1 Å². The van der Waals surface area contributed by atoms with Gasteiger partial charge in [0.05, 0.1) is 7.11 Å². The molecule has 7 nitrogen and oxygen atoms in total.